The van der Waals surface area contributed by atoms with Crippen LogP contribution in [0, 0.1) is 6.92 Å². The number of aryl methyl sites for hydroxylation is 3. The van der Waals surface area contributed by atoms with Gasteiger partial charge in [0.2, 0.25) is 0 Å². The fourth-order valence-electron chi connectivity index (χ4n) is 2.30. The van der Waals surface area contributed by atoms with Crippen LogP contribution in [0.4, 0.5) is 0 Å². The first-order chi connectivity index (χ1) is 9.90. The number of carbonyl (C=O) groups is 1. The third-order valence-electron chi connectivity index (χ3n) is 3.17. The molecule has 21 heavy (non-hydrogen) atoms. The Morgan fingerprint density at radius 1 is 1.43 bits per heavy atom. The summed E-state index contributed by atoms with van der Waals surface area (Å²) in [5.41, 5.74) is 2.69. The van der Waals surface area contributed by atoms with E-state index in [1.54, 1.807) is 0 Å². The second-order valence-electron chi connectivity index (χ2n) is 5.27. The van der Waals surface area contributed by atoms with E-state index in [0.29, 0.717) is 0 Å². The van der Waals surface area contributed by atoms with E-state index in [4.69, 9.17) is 5.11 Å². The number of carboxylic acids is 1. The van der Waals surface area contributed by atoms with Crippen LogP contribution in [-0.4, -0.2) is 61.7 Å². The molecule has 0 radical (unpaired) electrons. The molecule has 0 saturated carbocycles. The SMILES string of the molecule is Cc1nn(C)c2c1nc(SCC(=O)O)n2CCCN(C)C. The summed E-state index contributed by atoms with van der Waals surface area (Å²) >= 11 is 1.26. The molecule has 2 heterocycles. The molecule has 0 aliphatic carbocycles. The van der Waals surface area contributed by atoms with Gasteiger partial charge in [0.1, 0.15) is 5.52 Å². The number of carboxylic acid groups (broad SMARTS) is 1. The second kappa shape index (κ2) is 6.48. The molecule has 0 saturated heterocycles. The standard InChI is InChI=1S/C13H21N5O2S/c1-9-11-12(17(4)15-9)18(7-5-6-16(2)3)13(14-11)21-8-10(19)20/h5-8H2,1-4H3,(H,19,20). The van der Waals surface area contributed by atoms with Gasteiger partial charge >= 0.3 is 5.97 Å². The average Bonchev–Trinajstić information content (AvgIpc) is 2.86. The van der Waals surface area contributed by atoms with Crippen molar-refractivity contribution in [1.29, 1.82) is 0 Å². The topological polar surface area (TPSA) is 76.2 Å². The number of fused-ring (bicyclic) bond motifs is 1. The highest BCUT2D eigenvalue weighted by Gasteiger charge is 2.18. The minimum atomic E-state index is -0.832. The molecule has 0 bridgehead atoms. The lowest BCUT2D eigenvalue weighted by Gasteiger charge is -2.12. The van der Waals surface area contributed by atoms with Crippen molar-refractivity contribution in [3.05, 3.63) is 5.69 Å². The number of rotatable bonds is 7. The maximum atomic E-state index is 10.8. The van der Waals surface area contributed by atoms with Crippen LogP contribution >= 0.6 is 11.8 Å². The van der Waals surface area contributed by atoms with Crippen LogP contribution in [0.5, 0.6) is 0 Å². The summed E-state index contributed by atoms with van der Waals surface area (Å²) in [4.78, 5) is 17.5. The summed E-state index contributed by atoms with van der Waals surface area (Å²) in [5, 5.41) is 14.0. The first-order valence-corrected chi connectivity index (χ1v) is 7.78. The summed E-state index contributed by atoms with van der Waals surface area (Å²) in [7, 11) is 5.97. The Kier molecular flexibility index (Phi) is 4.89. The Morgan fingerprint density at radius 3 is 2.76 bits per heavy atom. The molecule has 2 aromatic rings. The van der Waals surface area contributed by atoms with Crippen molar-refractivity contribution in [2.45, 2.75) is 25.0 Å². The molecule has 8 heteroatoms. The Bertz CT molecular complexity index is 647. The highest BCUT2D eigenvalue weighted by atomic mass is 32.2. The predicted molar refractivity (Wildman–Crippen MR) is 82.8 cm³/mol. The van der Waals surface area contributed by atoms with Crippen LogP contribution in [-0.2, 0) is 18.4 Å². The van der Waals surface area contributed by atoms with Gasteiger partial charge in [-0.25, -0.2) is 4.98 Å². The maximum Gasteiger partial charge on any atom is 0.313 e. The van der Waals surface area contributed by atoms with E-state index in [2.05, 4.69) is 19.5 Å². The number of thioether (sulfide) groups is 1. The first-order valence-electron chi connectivity index (χ1n) is 6.79. The maximum absolute atomic E-state index is 10.8. The monoisotopic (exact) mass is 311 g/mol. The molecule has 0 atom stereocenters. The number of imidazole rings is 1. The van der Waals surface area contributed by atoms with Crippen LogP contribution in [0.3, 0.4) is 0 Å². The van der Waals surface area contributed by atoms with Crippen LogP contribution in [0.25, 0.3) is 11.2 Å². The van der Waals surface area contributed by atoms with Gasteiger partial charge in [-0.1, -0.05) is 11.8 Å². The fraction of sp³-hybridized carbons (Fsp3) is 0.615. The van der Waals surface area contributed by atoms with Gasteiger partial charge in [0.15, 0.2) is 10.8 Å². The van der Waals surface area contributed by atoms with Gasteiger partial charge in [0.25, 0.3) is 0 Å². The zero-order chi connectivity index (χ0) is 15.6. The molecular formula is C13H21N5O2S. The molecule has 116 valence electrons. The second-order valence-corrected chi connectivity index (χ2v) is 6.21. The van der Waals surface area contributed by atoms with Crippen molar-refractivity contribution < 1.29 is 9.90 Å². The van der Waals surface area contributed by atoms with Gasteiger partial charge < -0.3 is 14.6 Å². The lowest BCUT2D eigenvalue weighted by atomic mass is 10.4. The highest BCUT2D eigenvalue weighted by Crippen LogP contribution is 2.26. The van der Waals surface area contributed by atoms with E-state index in [0.717, 1.165) is 41.5 Å². The zero-order valence-electron chi connectivity index (χ0n) is 12.8. The van der Waals surface area contributed by atoms with Crippen molar-refractivity contribution in [2.75, 3.05) is 26.4 Å². The lowest BCUT2D eigenvalue weighted by Crippen LogP contribution is -2.16. The van der Waals surface area contributed by atoms with Crippen molar-refractivity contribution >= 4 is 28.9 Å². The molecule has 2 aromatic heterocycles. The Balaban J connectivity index is 2.31. The van der Waals surface area contributed by atoms with Gasteiger partial charge in [-0.05, 0) is 34.0 Å². The van der Waals surface area contributed by atoms with Gasteiger partial charge in [-0.15, -0.1) is 0 Å². The minimum absolute atomic E-state index is 0.0173. The first kappa shape index (κ1) is 15.8. The molecule has 0 aliphatic rings. The highest BCUT2D eigenvalue weighted by molar-refractivity contribution is 7.99. The van der Waals surface area contributed by atoms with E-state index >= 15 is 0 Å². The van der Waals surface area contributed by atoms with Crippen molar-refractivity contribution in [2.24, 2.45) is 7.05 Å². The summed E-state index contributed by atoms with van der Waals surface area (Å²) < 4.78 is 3.89. The summed E-state index contributed by atoms with van der Waals surface area (Å²) in [6, 6.07) is 0. The quantitative estimate of drug-likeness (QED) is 0.775. The lowest BCUT2D eigenvalue weighted by molar-refractivity contribution is -0.133. The van der Waals surface area contributed by atoms with Gasteiger partial charge in [-0.3, -0.25) is 9.48 Å². The van der Waals surface area contributed by atoms with Gasteiger partial charge in [0, 0.05) is 13.6 Å². The smallest absolute Gasteiger partial charge is 0.313 e. The molecule has 0 amide bonds. The van der Waals surface area contributed by atoms with E-state index < -0.39 is 5.97 Å². The molecule has 1 N–H and O–H groups in total. The van der Waals surface area contributed by atoms with Gasteiger partial charge in [0.05, 0.1) is 11.4 Å². The number of aliphatic carboxylic acids is 1. The van der Waals surface area contributed by atoms with Crippen molar-refractivity contribution in [3.8, 4) is 0 Å². The molecule has 0 fully saturated rings. The molecule has 2 rings (SSSR count). The minimum Gasteiger partial charge on any atom is -0.481 e. The Labute approximate surface area is 127 Å². The van der Waals surface area contributed by atoms with Crippen LogP contribution in [0.2, 0.25) is 0 Å². The molecular weight excluding hydrogens is 290 g/mol. The zero-order valence-corrected chi connectivity index (χ0v) is 13.6. The molecule has 7 nitrogen and oxygen atoms in total. The van der Waals surface area contributed by atoms with Crippen LogP contribution in [0.1, 0.15) is 12.1 Å². The molecule has 0 aliphatic heterocycles. The van der Waals surface area contributed by atoms with E-state index in [1.165, 1.54) is 11.8 Å². The third kappa shape index (κ3) is 3.56. The summed E-state index contributed by atoms with van der Waals surface area (Å²) in [6.07, 6.45) is 0.976. The number of hydrogen-bond donors (Lipinski definition) is 1. The normalized spacial score (nSPS) is 11.7. The van der Waals surface area contributed by atoms with Crippen LogP contribution in [0.15, 0.2) is 5.16 Å². The molecule has 0 unspecified atom stereocenters. The van der Waals surface area contributed by atoms with E-state index in [-0.39, 0.29) is 5.75 Å². The molecule has 0 aromatic carbocycles. The van der Waals surface area contributed by atoms with E-state index in [9.17, 15) is 4.79 Å². The van der Waals surface area contributed by atoms with Gasteiger partial charge in [-0.2, -0.15) is 5.10 Å². The largest absolute Gasteiger partial charge is 0.481 e. The Morgan fingerprint density at radius 2 is 2.14 bits per heavy atom. The number of nitrogens with zero attached hydrogens (tertiary/aromatic N) is 5. The average molecular weight is 311 g/mol. The van der Waals surface area contributed by atoms with Crippen molar-refractivity contribution in [1.82, 2.24) is 24.2 Å². The van der Waals surface area contributed by atoms with Crippen molar-refractivity contribution in [3.63, 3.8) is 0 Å². The molecule has 0 spiro atoms. The predicted octanol–water partition coefficient (Wildman–Crippen LogP) is 1.21. The van der Waals surface area contributed by atoms with Crippen LogP contribution < -0.4 is 0 Å². The third-order valence-corrected chi connectivity index (χ3v) is 4.13. The fourth-order valence-corrected chi connectivity index (χ4v) is 3.04. The number of aromatic nitrogens is 4. The van der Waals surface area contributed by atoms with E-state index in [1.807, 2.05) is 32.7 Å². The Hall–Kier alpha value is -1.54. The summed E-state index contributed by atoms with van der Waals surface area (Å²) in [5.74, 6) is -0.814. The summed E-state index contributed by atoms with van der Waals surface area (Å²) in [6.45, 7) is 3.69. The number of hydrogen-bond acceptors (Lipinski definition) is 5.